The summed E-state index contributed by atoms with van der Waals surface area (Å²) < 4.78 is 19.1. The van der Waals surface area contributed by atoms with Gasteiger partial charge in [-0.05, 0) is 38.0 Å². The van der Waals surface area contributed by atoms with Gasteiger partial charge >= 0.3 is 0 Å². The second-order valence-corrected chi connectivity index (χ2v) is 6.72. The van der Waals surface area contributed by atoms with E-state index in [1.54, 1.807) is 19.1 Å². The molecule has 0 saturated carbocycles. The van der Waals surface area contributed by atoms with Crippen LogP contribution < -0.4 is 10.1 Å². The van der Waals surface area contributed by atoms with Crippen molar-refractivity contribution in [3.05, 3.63) is 66.0 Å². The Hall–Kier alpha value is -2.89. The van der Waals surface area contributed by atoms with Gasteiger partial charge in [0.2, 0.25) is 5.91 Å². The van der Waals surface area contributed by atoms with E-state index in [1.165, 1.54) is 17.0 Å². The van der Waals surface area contributed by atoms with Gasteiger partial charge in [-0.25, -0.2) is 4.39 Å². The number of para-hydroxylation sites is 1. The van der Waals surface area contributed by atoms with E-state index in [9.17, 15) is 14.0 Å². The van der Waals surface area contributed by atoms with Gasteiger partial charge in [0, 0.05) is 12.6 Å². The summed E-state index contributed by atoms with van der Waals surface area (Å²) in [7, 11) is 0. The molecule has 0 spiro atoms. The van der Waals surface area contributed by atoms with Crippen molar-refractivity contribution in [3.63, 3.8) is 0 Å². The van der Waals surface area contributed by atoms with E-state index in [-0.39, 0.29) is 36.8 Å². The molecule has 2 atom stereocenters. The molecule has 0 bridgehead atoms. The topological polar surface area (TPSA) is 58.6 Å². The van der Waals surface area contributed by atoms with Crippen molar-refractivity contribution in [2.45, 2.75) is 45.8 Å². The fraction of sp³-hybridized carbons (Fsp3) is 0.364. The van der Waals surface area contributed by atoms with Crippen LogP contribution in [0.2, 0.25) is 0 Å². The molecule has 5 nitrogen and oxygen atoms in total. The van der Waals surface area contributed by atoms with Crippen LogP contribution in [0.4, 0.5) is 4.39 Å². The second-order valence-electron chi connectivity index (χ2n) is 6.72. The molecule has 0 aliphatic carbocycles. The highest BCUT2D eigenvalue weighted by Crippen LogP contribution is 2.16. The monoisotopic (exact) mass is 386 g/mol. The first-order chi connectivity index (χ1) is 13.4. The molecule has 28 heavy (non-hydrogen) atoms. The molecule has 2 unspecified atom stereocenters. The molecule has 0 radical (unpaired) electrons. The Morgan fingerprint density at radius 1 is 1.07 bits per heavy atom. The first kappa shape index (κ1) is 21.4. The van der Waals surface area contributed by atoms with E-state index in [0.29, 0.717) is 0 Å². The smallest absolute Gasteiger partial charge is 0.261 e. The number of carbonyl (C=O) groups excluding carboxylic acids is 2. The zero-order valence-electron chi connectivity index (χ0n) is 16.5. The van der Waals surface area contributed by atoms with Gasteiger partial charge in [-0.3, -0.25) is 9.59 Å². The molecule has 0 saturated heterocycles. The van der Waals surface area contributed by atoms with Gasteiger partial charge in [-0.1, -0.05) is 49.4 Å². The normalized spacial score (nSPS) is 12.7. The summed E-state index contributed by atoms with van der Waals surface area (Å²) in [6.07, 6.45) is 0.793. The minimum Gasteiger partial charge on any atom is -0.481 e. The van der Waals surface area contributed by atoms with Gasteiger partial charge in [-0.15, -0.1) is 0 Å². The van der Waals surface area contributed by atoms with Crippen LogP contribution in [0.5, 0.6) is 5.75 Å². The van der Waals surface area contributed by atoms with Crippen LogP contribution in [-0.2, 0) is 16.1 Å². The first-order valence-corrected chi connectivity index (χ1v) is 9.43. The first-order valence-electron chi connectivity index (χ1n) is 9.43. The number of hydrogen-bond donors (Lipinski definition) is 1. The molecule has 0 heterocycles. The maximum Gasteiger partial charge on any atom is 0.261 e. The number of benzene rings is 2. The van der Waals surface area contributed by atoms with Crippen molar-refractivity contribution in [1.82, 2.24) is 10.2 Å². The van der Waals surface area contributed by atoms with E-state index < -0.39 is 11.9 Å². The Bertz CT molecular complexity index is 782. The quantitative estimate of drug-likeness (QED) is 0.717. The number of amides is 2. The molecule has 1 N–H and O–H groups in total. The minimum absolute atomic E-state index is 0.00669. The molecule has 2 rings (SSSR count). The number of nitrogens with zero attached hydrogens (tertiary/aromatic N) is 1. The van der Waals surface area contributed by atoms with Crippen molar-refractivity contribution in [2.24, 2.45) is 0 Å². The predicted molar refractivity (Wildman–Crippen MR) is 106 cm³/mol. The molecular formula is C22H27FN2O3. The van der Waals surface area contributed by atoms with Gasteiger partial charge in [0.1, 0.15) is 6.04 Å². The average Bonchev–Trinajstić information content (AvgIpc) is 2.71. The fourth-order valence-corrected chi connectivity index (χ4v) is 2.61. The SMILES string of the molecule is CCC(C)NC(=O)C(C)N(Cc1ccccc1)C(=O)COc1ccccc1F. The molecule has 2 aromatic carbocycles. The Labute approximate surface area is 165 Å². The molecule has 150 valence electrons. The van der Waals surface area contributed by atoms with Crippen molar-refractivity contribution < 1.29 is 18.7 Å². The Balaban J connectivity index is 2.13. The van der Waals surface area contributed by atoms with Crippen LogP contribution in [0, 0.1) is 5.82 Å². The Morgan fingerprint density at radius 2 is 1.71 bits per heavy atom. The maximum atomic E-state index is 13.7. The van der Waals surface area contributed by atoms with Crippen molar-refractivity contribution in [2.75, 3.05) is 6.61 Å². The lowest BCUT2D eigenvalue weighted by molar-refractivity contribution is -0.142. The maximum absolute atomic E-state index is 13.7. The molecule has 0 fully saturated rings. The van der Waals surface area contributed by atoms with Gasteiger partial charge in [0.25, 0.3) is 5.91 Å². The highest BCUT2D eigenvalue weighted by atomic mass is 19.1. The fourth-order valence-electron chi connectivity index (χ4n) is 2.61. The predicted octanol–water partition coefficient (Wildman–Crippen LogP) is 3.54. The van der Waals surface area contributed by atoms with E-state index >= 15 is 0 Å². The Morgan fingerprint density at radius 3 is 2.36 bits per heavy atom. The molecular weight excluding hydrogens is 359 g/mol. The summed E-state index contributed by atoms with van der Waals surface area (Å²) in [5.74, 6) is -1.15. The highest BCUT2D eigenvalue weighted by Gasteiger charge is 2.27. The second kappa shape index (κ2) is 10.4. The van der Waals surface area contributed by atoms with Crippen molar-refractivity contribution >= 4 is 11.8 Å². The lowest BCUT2D eigenvalue weighted by Crippen LogP contribution is -2.50. The number of nitrogens with one attached hydrogen (secondary N) is 1. The van der Waals surface area contributed by atoms with Crippen LogP contribution in [-0.4, -0.2) is 35.4 Å². The minimum atomic E-state index is -0.689. The van der Waals surface area contributed by atoms with Gasteiger partial charge in [0.05, 0.1) is 0 Å². The van der Waals surface area contributed by atoms with Crippen LogP contribution in [0.1, 0.15) is 32.8 Å². The zero-order valence-corrected chi connectivity index (χ0v) is 16.5. The van der Waals surface area contributed by atoms with E-state index in [0.717, 1.165) is 12.0 Å². The molecule has 0 aliphatic heterocycles. The van der Waals surface area contributed by atoms with Crippen LogP contribution in [0.25, 0.3) is 0 Å². The molecule has 0 aromatic heterocycles. The molecule has 6 heteroatoms. The molecule has 2 aromatic rings. The molecule has 2 amide bonds. The summed E-state index contributed by atoms with van der Waals surface area (Å²) in [4.78, 5) is 26.9. The standard InChI is InChI=1S/C22H27FN2O3/c1-4-16(2)24-22(27)17(3)25(14-18-10-6-5-7-11-18)21(26)15-28-20-13-9-8-12-19(20)23/h5-13,16-17H,4,14-15H2,1-3H3,(H,24,27). The van der Waals surface area contributed by atoms with Crippen LogP contribution >= 0.6 is 0 Å². The lowest BCUT2D eigenvalue weighted by atomic mass is 10.1. The van der Waals surface area contributed by atoms with E-state index in [4.69, 9.17) is 4.74 Å². The van der Waals surface area contributed by atoms with Crippen molar-refractivity contribution in [1.29, 1.82) is 0 Å². The summed E-state index contributed by atoms with van der Waals surface area (Å²) in [6, 6.07) is 14.6. The Kier molecular flexibility index (Phi) is 7.99. The molecule has 0 aliphatic rings. The number of carbonyl (C=O) groups is 2. The van der Waals surface area contributed by atoms with E-state index in [1.807, 2.05) is 44.2 Å². The van der Waals surface area contributed by atoms with Crippen LogP contribution in [0.15, 0.2) is 54.6 Å². The third-order valence-electron chi connectivity index (χ3n) is 4.55. The third kappa shape index (κ3) is 6.08. The lowest BCUT2D eigenvalue weighted by Gasteiger charge is -2.29. The van der Waals surface area contributed by atoms with E-state index in [2.05, 4.69) is 5.32 Å². The number of hydrogen-bond acceptors (Lipinski definition) is 3. The average molecular weight is 386 g/mol. The number of rotatable bonds is 9. The summed E-state index contributed by atoms with van der Waals surface area (Å²) in [5.41, 5.74) is 0.893. The highest BCUT2D eigenvalue weighted by molar-refractivity contribution is 5.88. The summed E-state index contributed by atoms with van der Waals surface area (Å²) in [6.45, 7) is 5.48. The summed E-state index contributed by atoms with van der Waals surface area (Å²) in [5, 5.41) is 2.90. The van der Waals surface area contributed by atoms with Gasteiger partial charge in [-0.2, -0.15) is 0 Å². The van der Waals surface area contributed by atoms with Gasteiger partial charge < -0.3 is 15.0 Å². The summed E-state index contributed by atoms with van der Waals surface area (Å²) >= 11 is 0. The zero-order chi connectivity index (χ0) is 20.5. The van der Waals surface area contributed by atoms with Crippen LogP contribution in [0.3, 0.4) is 0 Å². The van der Waals surface area contributed by atoms with Crippen molar-refractivity contribution in [3.8, 4) is 5.75 Å². The van der Waals surface area contributed by atoms with Gasteiger partial charge in [0.15, 0.2) is 18.2 Å². The number of halogens is 1. The largest absolute Gasteiger partial charge is 0.481 e. The third-order valence-corrected chi connectivity index (χ3v) is 4.55. The number of ether oxygens (including phenoxy) is 1.